The molecule has 1 aliphatic rings. The van der Waals surface area contributed by atoms with Crippen molar-refractivity contribution in [2.45, 2.75) is 45.6 Å². The van der Waals surface area contributed by atoms with E-state index < -0.39 is 0 Å². The summed E-state index contributed by atoms with van der Waals surface area (Å²) in [6.45, 7) is 5.76. The van der Waals surface area contributed by atoms with Crippen LogP contribution in [0.15, 0.2) is 36.4 Å². The van der Waals surface area contributed by atoms with Crippen LogP contribution in [0.25, 0.3) is 6.08 Å². The third kappa shape index (κ3) is 4.30. The van der Waals surface area contributed by atoms with E-state index in [-0.39, 0.29) is 0 Å². The predicted molar refractivity (Wildman–Crippen MR) is 79.5 cm³/mol. The van der Waals surface area contributed by atoms with Gasteiger partial charge >= 0.3 is 0 Å². The Morgan fingerprint density at radius 1 is 1.28 bits per heavy atom. The van der Waals surface area contributed by atoms with E-state index in [0.29, 0.717) is 11.5 Å². The summed E-state index contributed by atoms with van der Waals surface area (Å²) in [6.07, 6.45) is 9.82. The molecule has 1 N–H and O–H groups in total. The first-order valence-corrected chi connectivity index (χ1v) is 7.11. The molecule has 1 aliphatic carbocycles. The maximum atomic E-state index is 3.66. The summed E-state index contributed by atoms with van der Waals surface area (Å²) in [6, 6.07) is 11.2. The van der Waals surface area contributed by atoms with Crippen LogP contribution in [-0.4, -0.2) is 12.6 Å². The van der Waals surface area contributed by atoms with E-state index in [9.17, 15) is 0 Å². The largest absolute Gasteiger partial charge is 0.310 e. The zero-order chi connectivity index (χ0) is 12.8. The summed E-state index contributed by atoms with van der Waals surface area (Å²) < 4.78 is 0. The summed E-state index contributed by atoms with van der Waals surface area (Å²) in [5.41, 5.74) is 1.81. The topological polar surface area (TPSA) is 12.0 Å². The number of nitrogens with one attached hydrogen (secondary N) is 1. The second-order valence-electron chi connectivity index (χ2n) is 6.18. The van der Waals surface area contributed by atoms with E-state index >= 15 is 0 Å². The van der Waals surface area contributed by atoms with E-state index in [1.54, 1.807) is 0 Å². The van der Waals surface area contributed by atoms with Gasteiger partial charge in [0.15, 0.2) is 0 Å². The lowest BCUT2D eigenvalue weighted by Crippen LogP contribution is -2.37. The molecule has 0 saturated heterocycles. The molecule has 1 aromatic rings. The van der Waals surface area contributed by atoms with Crippen LogP contribution in [0.2, 0.25) is 0 Å². The van der Waals surface area contributed by atoms with Crippen molar-refractivity contribution < 1.29 is 0 Å². The van der Waals surface area contributed by atoms with Crippen LogP contribution < -0.4 is 5.32 Å². The van der Waals surface area contributed by atoms with E-state index in [1.807, 2.05) is 0 Å². The fourth-order valence-electron chi connectivity index (χ4n) is 2.87. The molecule has 1 atom stereocenters. The molecule has 0 bridgehead atoms. The van der Waals surface area contributed by atoms with Crippen LogP contribution >= 0.6 is 0 Å². The van der Waals surface area contributed by atoms with Crippen molar-refractivity contribution in [1.82, 2.24) is 5.32 Å². The Bertz CT molecular complexity index is 378. The quantitative estimate of drug-likeness (QED) is 0.833. The summed E-state index contributed by atoms with van der Waals surface area (Å²) in [4.78, 5) is 0. The highest BCUT2D eigenvalue weighted by molar-refractivity contribution is 5.48. The summed E-state index contributed by atoms with van der Waals surface area (Å²) in [5, 5.41) is 3.66. The van der Waals surface area contributed by atoms with Gasteiger partial charge in [-0.05, 0) is 30.2 Å². The molecule has 0 heterocycles. The molecule has 2 rings (SSSR count). The van der Waals surface area contributed by atoms with Gasteiger partial charge in [0.05, 0.1) is 0 Å². The van der Waals surface area contributed by atoms with Gasteiger partial charge in [-0.15, -0.1) is 0 Å². The molecule has 0 aliphatic heterocycles. The van der Waals surface area contributed by atoms with Crippen LogP contribution in [0.4, 0.5) is 0 Å². The van der Waals surface area contributed by atoms with Crippen molar-refractivity contribution in [2.75, 3.05) is 6.54 Å². The van der Waals surface area contributed by atoms with Gasteiger partial charge in [-0.3, -0.25) is 0 Å². The van der Waals surface area contributed by atoms with Gasteiger partial charge in [-0.25, -0.2) is 0 Å². The third-order valence-electron chi connectivity index (χ3n) is 3.84. The van der Waals surface area contributed by atoms with Crippen molar-refractivity contribution in [3.8, 4) is 0 Å². The lowest BCUT2D eigenvalue weighted by atomic mass is 9.75. The van der Waals surface area contributed by atoms with Crippen LogP contribution in [0.1, 0.15) is 45.1 Å². The molecule has 1 fully saturated rings. The van der Waals surface area contributed by atoms with Crippen molar-refractivity contribution in [1.29, 1.82) is 0 Å². The van der Waals surface area contributed by atoms with Crippen molar-refractivity contribution in [3.63, 3.8) is 0 Å². The average Bonchev–Trinajstić information content (AvgIpc) is 2.35. The Morgan fingerprint density at radius 3 is 2.78 bits per heavy atom. The Hall–Kier alpha value is -1.08. The van der Waals surface area contributed by atoms with Gasteiger partial charge in [0.25, 0.3) is 0 Å². The average molecular weight is 243 g/mol. The van der Waals surface area contributed by atoms with Gasteiger partial charge in [0.2, 0.25) is 0 Å². The second kappa shape index (κ2) is 6.19. The molecule has 1 saturated carbocycles. The zero-order valence-electron chi connectivity index (χ0n) is 11.7. The van der Waals surface area contributed by atoms with Crippen LogP contribution in [-0.2, 0) is 0 Å². The molecule has 0 spiro atoms. The first-order valence-electron chi connectivity index (χ1n) is 7.11. The van der Waals surface area contributed by atoms with Gasteiger partial charge in [-0.1, -0.05) is 62.8 Å². The fraction of sp³-hybridized carbons (Fsp3) is 0.529. The maximum Gasteiger partial charge on any atom is 0.0140 e. The molecular weight excluding hydrogens is 218 g/mol. The number of hydrogen-bond acceptors (Lipinski definition) is 1. The molecular formula is C17H25N. The lowest BCUT2D eigenvalue weighted by Gasteiger charge is -2.35. The molecule has 0 aromatic heterocycles. The highest BCUT2D eigenvalue weighted by atomic mass is 14.9. The first kappa shape index (κ1) is 13.4. The molecule has 1 aromatic carbocycles. The molecule has 0 amide bonds. The number of hydrogen-bond donors (Lipinski definition) is 1. The minimum absolute atomic E-state index is 0.527. The molecule has 98 valence electrons. The molecule has 18 heavy (non-hydrogen) atoms. The summed E-state index contributed by atoms with van der Waals surface area (Å²) in [7, 11) is 0. The SMILES string of the molecule is CC1(C)CCCC(NC/C=C/c2ccccc2)C1. The van der Waals surface area contributed by atoms with Gasteiger partial charge in [0, 0.05) is 12.6 Å². The Morgan fingerprint density at radius 2 is 2.06 bits per heavy atom. The standard InChI is InChI=1S/C17H25N/c1-17(2)12-6-11-16(14-17)18-13-7-10-15-8-4-3-5-9-15/h3-5,7-10,16,18H,6,11-14H2,1-2H3/b10-7+. The highest BCUT2D eigenvalue weighted by Crippen LogP contribution is 2.34. The van der Waals surface area contributed by atoms with Gasteiger partial charge in [-0.2, -0.15) is 0 Å². The second-order valence-corrected chi connectivity index (χ2v) is 6.18. The summed E-state index contributed by atoms with van der Waals surface area (Å²) >= 11 is 0. The predicted octanol–water partition coefficient (Wildman–Crippen LogP) is 4.26. The van der Waals surface area contributed by atoms with Gasteiger partial charge < -0.3 is 5.32 Å². The minimum Gasteiger partial charge on any atom is -0.310 e. The monoisotopic (exact) mass is 243 g/mol. The smallest absolute Gasteiger partial charge is 0.0140 e. The lowest BCUT2D eigenvalue weighted by molar-refractivity contribution is 0.201. The van der Waals surface area contributed by atoms with Gasteiger partial charge in [0.1, 0.15) is 0 Å². The number of rotatable bonds is 4. The third-order valence-corrected chi connectivity index (χ3v) is 3.84. The van der Waals surface area contributed by atoms with E-state index in [2.05, 4.69) is 61.6 Å². The van der Waals surface area contributed by atoms with Crippen molar-refractivity contribution in [3.05, 3.63) is 42.0 Å². The number of benzene rings is 1. The zero-order valence-corrected chi connectivity index (χ0v) is 11.7. The highest BCUT2D eigenvalue weighted by Gasteiger charge is 2.27. The first-order chi connectivity index (χ1) is 8.66. The summed E-state index contributed by atoms with van der Waals surface area (Å²) in [5.74, 6) is 0. The molecule has 1 nitrogen and oxygen atoms in total. The minimum atomic E-state index is 0.527. The Labute approximate surface area is 111 Å². The van der Waals surface area contributed by atoms with Crippen LogP contribution in [0, 0.1) is 5.41 Å². The Kier molecular flexibility index (Phi) is 4.60. The van der Waals surface area contributed by atoms with E-state index in [0.717, 1.165) is 6.54 Å². The molecule has 1 unspecified atom stereocenters. The Balaban J connectivity index is 1.74. The van der Waals surface area contributed by atoms with Crippen LogP contribution in [0.3, 0.4) is 0 Å². The maximum absolute atomic E-state index is 3.66. The van der Waals surface area contributed by atoms with Crippen molar-refractivity contribution >= 4 is 6.08 Å². The van der Waals surface area contributed by atoms with Crippen LogP contribution in [0.5, 0.6) is 0 Å². The molecule has 1 heteroatoms. The normalized spacial score (nSPS) is 23.3. The fourth-order valence-corrected chi connectivity index (χ4v) is 2.87. The molecule has 0 radical (unpaired) electrons. The van der Waals surface area contributed by atoms with E-state index in [4.69, 9.17) is 0 Å². The van der Waals surface area contributed by atoms with E-state index in [1.165, 1.54) is 31.2 Å². The van der Waals surface area contributed by atoms with Crippen molar-refractivity contribution in [2.24, 2.45) is 5.41 Å².